The Bertz CT molecular complexity index is 489. The Morgan fingerprint density at radius 2 is 2.04 bits per heavy atom. The van der Waals surface area contributed by atoms with Crippen LogP contribution in [0.1, 0.15) is 13.3 Å². The molecule has 1 amide bonds. The summed E-state index contributed by atoms with van der Waals surface area (Å²) in [5.41, 5.74) is 1.12. The molecule has 2 aliphatic heterocycles. The van der Waals surface area contributed by atoms with Gasteiger partial charge in [-0.3, -0.25) is 4.79 Å². The van der Waals surface area contributed by atoms with Gasteiger partial charge in [0, 0.05) is 31.4 Å². The van der Waals surface area contributed by atoms with Crippen molar-refractivity contribution in [2.24, 2.45) is 0 Å². The largest absolute Gasteiger partial charge is 0.380 e. The lowest BCUT2D eigenvalue weighted by Gasteiger charge is -2.32. The number of nitrogens with zero attached hydrogens (tertiary/aromatic N) is 1. The quantitative estimate of drug-likeness (QED) is 0.863. The summed E-state index contributed by atoms with van der Waals surface area (Å²) in [5.74, 6) is 0.166. The predicted molar refractivity (Wildman–Crippen MR) is 96.8 cm³/mol. The first kappa shape index (κ1) is 20.0. The van der Waals surface area contributed by atoms with Crippen molar-refractivity contribution in [2.45, 2.75) is 31.5 Å². The summed E-state index contributed by atoms with van der Waals surface area (Å²) >= 11 is 0. The number of hydrogen-bond donors (Lipinski definition) is 2. The Labute approximate surface area is 150 Å². The summed E-state index contributed by atoms with van der Waals surface area (Å²) in [4.78, 5) is 14.5. The minimum Gasteiger partial charge on any atom is -0.380 e. The van der Waals surface area contributed by atoms with Gasteiger partial charge in [0.25, 0.3) is 0 Å². The van der Waals surface area contributed by atoms with Crippen molar-refractivity contribution >= 4 is 36.4 Å². The normalized spacial score (nSPS) is 26.8. The number of halogens is 2. The van der Waals surface area contributed by atoms with Crippen LogP contribution >= 0.6 is 24.8 Å². The van der Waals surface area contributed by atoms with Crippen LogP contribution in [0, 0.1) is 0 Å². The number of carbonyl (C=O) groups excluding carboxylic acids is 1. The molecular formula is C16H25Cl2N3O2. The van der Waals surface area contributed by atoms with Crippen LogP contribution in [0.15, 0.2) is 30.3 Å². The molecule has 0 aliphatic carbocycles. The number of morpholine rings is 1. The average Bonchev–Trinajstić information content (AvgIpc) is 2.97. The van der Waals surface area contributed by atoms with Crippen LogP contribution in [-0.2, 0) is 9.53 Å². The van der Waals surface area contributed by atoms with Gasteiger partial charge in [-0.25, -0.2) is 0 Å². The number of para-hydroxylation sites is 1. The molecule has 23 heavy (non-hydrogen) atoms. The summed E-state index contributed by atoms with van der Waals surface area (Å²) < 4.78 is 5.57. The van der Waals surface area contributed by atoms with Crippen LogP contribution in [0.5, 0.6) is 0 Å². The molecular weight excluding hydrogens is 337 g/mol. The SMILES string of the molecule is C[C@H]1OCCN[C@@H]1C(=O)N1CCC(Nc2ccccc2)C1.Cl.Cl. The van der Waals surface area contributed by atoms with Gasteiger partial charge in [0.15, 0.2) is 0 Å². The summed E-state index contributed by atoms with van der Waals surface area (Å²) in [6.45, 7) is 4.97. The molecule has 130 valence electrons. The highest BCUT2D eigenvalue weighted by Gasteiger charge is 2.35. The van der Waals surface area contributed by atoms with Crippen LogP contribution in [0.25, 0.3) is 0 Å². The van der Waals surface area contributed by atoms with Crippen molar-refractivity contribution in [1.29, 1.82) is 0 Å². The molecule has 1 aromatic carbocycles. The van der Waals surface area contributed by atoms with Gasteiger partial charge in [-0.05, 0) is 25.5 Å². The predicted octanol–water partition coefficient (Wildman–Crippen LogP) is 1.92. The number of carbonyl (C=O) groups is 1. The first-order valence-electron chi connectivity index (χ1n) is 7.69. The Morgan fingerprint density at radius 3 is 2.74 bits per heavy atom. The summed E-state index contributed by atoms with van der Waals surface area (Å²) in [7, 11) is 0. The molecule has 2 aliphatic rings. The molecule has 0 radical (unpaired) electrons. The number of benzene rings is 1. The highest BCUT2D eigenvalue weighted by molar-refractivity contribution is 5.85. The van der Waals surface area contributed by atoms with Crippen molar-refractivity contribution in [3.05, 3.63) is 30.3 Å². The topological polar surface area (TPSA) is 53.6 Å². The molecule has 0 spiro atoms. The van der Waals surface area contributed by atoms with Crippen molar-refractivity contribution < 1.29 is 9.53 Å². The zero-order valence-corrected chi connectivity index (χ0v) is 14.9. The zero-order chi connectivity index (χ0) is 14.7. The van der Waals surface area contributed by atoms with E-state index in [0.717, 1.165) is 31.7 Å². The van der Waals surface area contributed by atoms with E-state index >= 15 is 0 Å². The lowest BCUT2D eigenvalue weighted by Crippen LogP contribution is -2.56. The van der Waals surface area contributed by atoms with E-state index in [1.165, 1.54) is 0 Å². The fraction of sp³-hybridized carbons (Fsp3) is 0.562. The molecule has 1 aromatic rings. The van der Waals surface area contributed by atoms with Gasteiger partial charge in [0.1, 0.15) is 6.04 Å². The second kappa shape index (κ2) is 9.33. The summed E-state index contributed by atoms with van der Waals surface area (Å²) in [6, 6.07) is 10.3. The van der Waals surface area contributed by atoms with E-state index in [0.29, 0.717) is 12.6 Å². The van der Waals surface area contributed by atoms with Crippen LogP contribution in [0.4, 0.5) is 5.69 Å². The maximum atomic E-state index is 12.6. The minimum absolute atomic E-state index is 0. The van der Waals surface area contributed by atoms with Gasteiger partial charge in [0.05, 0.1) is 12.7 Å². The first-order chi connectivity index (χ1) is 10.2. The standard InChI is InChI=1S/C16H23N3O2.2ClH/c1-12-15(17-8-10-21-12)16(20)19-9-7-14(11-19)18-13-5-3-2-4-6-13;;/h2-6,12,14-15,17-18H,7-11H2,1H3;2*1H/t12-,14?,15+;;/m1../s1. The van der Waals surface area contributed by atoms with Crippen molar-refractivity contribution in [3.8, 4) is 0 Å². The van der Waals surface area contributed by atoms with E-state index in [1.54, 1.807) is 0 Å². The van der Waals surface area contributed by atoms with E-state index in [4.69, 9.17) is 4.74 Å². The molecule has 3 atom stereocenters. The average molecular weight is 362 g/mol. The van der Waals surface area contributed by atoms with E-state index in [2.05, 4.69) is 22.8 Å². The van der Waals surface area contributed by atoms with Gasteiger partial charge >= 0.3 is 0 Å². The fourth-order valence-corrected chi connectivity index (χ4v) is 3.05. The molecule has 5 nitrogen and oxygen atoms in total. The third-order valence-corrected chi connectivity index (χ3v) is 4.23. The Hall–Kier alpha value is -1.01. The second-order valence-electron chi connectivity index (χ2n) is 5.79. The van der Waals surface area contributed by atoms with E-state index in [-0.39, 0.29) is 42.9 Å². The maximum absolute atomic E-state index is 12.6. The molecule has 0 aromatic heterocycles. The molecule has 1 unspecified atom stereocenters. The number of amides is 1. The van der Waals surface area contributed by atoms with Gasteiger partial charge in [0.2, 0.25) is 5.91 Å². The van der Waals surface area contributed by atoms with E-state index in [9.17, 15) is 4.79 Å². The van der Waals surface area contributed by atoms with E-state index in [1.807, 2.05) is 30.0 Å². The van der Waals surface area contributed by atoms with Crippen LogP contribution in [0.2, 0.25) is 0 Å². The summed E-state index contributed by atoms with van der Waals surface area (Å²) in [5, 5.41) is 6.77. The minimum atomic E-state index is -0.200. The molecule has 7 heteroatoms. The number of likely N-dealkylation sites (tertiary alicyclic amines) is 1. The van der Waals surface area contributed by atoms with Crippen molar-refractivity contribution in [2.75, 3.05) is 31.6 Å². The maximum Gasteiger partial charge on any atom is 0.242 e. The molecule has 0 saturated carbocycles. The zero-order valence-electron chi connectivity index (χ0n) is 13.2. The van der Waals surface area contributed by atoms with Gasteiger partial charge in [-0.2, -0.15) is 0 Å². The first-order valence-corrected chi connectivity index (χ1v) is 7.69. The Morgan fingerprint density at radius 1 is 1.30 bits per heavy atom. The van der Waals surface area contributed by atoms with Gasteiger partial charge in [-0.15, -0.1) is 24.8 Å². The number of anilines is 1. The lowest BCUT2D eigenvalue weighted by molar-refractivity contribution is -0.138. The Kier molecular flexibility index (Phi) is 8.12. The number of ether oxygens (including phenoxy) is 1. The number of rotatable bonds is 3. The van der Waals surface area contributed by atoms with Gasteiger partial charge < -0.3 is 20.3 Å². The summed E-state index contributed by atoms with van der Waals surface area (Å²) in [6.07, 6.45) is 0.940. The highest BCUT2D eigenvalue weighted by atomic mass is 35.5. The fourth-order valence-electron chi connectivity index (χ4n) is 3.05. The monoisotopic (exact) mass is 361 g/mol. The molecule has 2 heterocycles. The molecule has 2 N–H and O–H groups in total. The van der Waals surface area contributed by atoms with Gasteiger partial charge in [-0.1, -0.05) is 18.2 Å². The highest BCUT2D eigenvalue weighted by Crippen LogP contribution is 2.18. The van der Waals surface area contributed by atoms with Crippen LogP contribution in [0.3, 0.4) is 0 Å². The van der Waals surface area contributed by atoms with Crippen LogP contribution < -0.4 is 10.6 Å². The Balaban J connectivity index is 0.00000132. The molecule has 2 saturated heterocycles. The second-order valence-corrected chi connectivity index (χ2v) is 5.79. The van der Waals surface area contributed by atoms with Crippen molar-refractivity contribution in [3.63, 3.8) is 0 Å². The number of nitrogens with one attached hydrogen (secondary N) is 2. The lowest BCUT2D eigenvalue weighted by atomic mass is 10.1. The van der Waals surface area contributed by atoms with E-state index < -0.39 is 0 Å². The van der Waals surface area contributed by atoms with Crippen molar-refractivity contribution in [1.82, 2.24) is 10.2 Å². The third-order valence-electron chi connectivity index (χ3n) is 4.23. The molecule has 3 rings (SSSR count). The molecule has 0 bridgehead atoms. The smallest absolute Gasteiger partial charge is 0.242 e. The number of hydrogen-bond acceptors (Lipinski definition) is 4. The molecule has 2 fully saturated rings. The third kappa shape index (κ3) is 4.98. The van der Waals surface area contributed by atoms with Crippen LogP contribution in [-0.4, -0.2) is 55.2 Å².